The summed E-state index contributed by atoms with van der Waals surface area (Å²) < 4.78 is 3.91. The van der Waals surface area contributed by atoms with Gasteiger partial charge in [0, 0.05) is 50.3 Å². The Hall–Kier alpha value is -1.83. The molecule has 0 fully saturated rings. The second kappa shape index (κ2) is 6.48. The fourth-order valence-electron chi connectivity index (χ4n) is 3.20. The molecule has 0 bridgehead atoms. The average Bonchev–Trinajstić information content (AvgIpc) is 3.07. The molecule has 1 aliphatic rings. The number of hydrogen-bond acceptors (Lipinski definition) is 5. The van der Waals surface area contributed by atoms with Gasteiger partial charge in [-0.25, -0.2) is 0 Å². The summed E-state index contributed by atoms with van der Waals surface area (Å²) in [5, 5.41) is 14.2. The van der Waals surface area contributed by atoms with E-state index < -0.39 is 0 Å². The fourth-order valence-corrected chi connectivity index (χ4v) is 3.83. The number of carbonyl (C=O) groups excluding carboxylic acids is 1. The Kier molecular flexibility index (Phi) is 4.66. The molecule has 136 valence electrons. The van der Waals surface area contributed by atoms with Crippen molar-refractivity contribution in [1.29, 1.82) is 0 Å². The van der Waals surface area contributed by atoms with Gasteiger partial charge in [-0.3, -0.25) is 9.48 Å². The lowest BCUT2D eigenvalue weighted by Gasteiger charge is -2.32. The van der Waals surface area contributed by atoms with Gasteiger partial charge < -0.3 is 9.47 Å². The van der Waals surface area contributed by atoms with Crippen molar-refractivity contribution in [2.45, 2.75) is 45.8 Å². The van der Waals surface area contributed by atoms with Gasteiger partial charge >= 0.3 is 0 Å². The molecule has 0 radical (unpaired) electrons. The Morgan fingerprint density at radius 3 is 2.60 bits per heavy atom. The van der Waals surface area contributed by atoms with Gasteiger partial charge in [0.1, 0.15) is 5.69 Å². The molecule has 1 amide bonds. The number of aryl methyl sites for hydroxylation is 1. The number of amides is 1. The van der Waals surface area contributed by atoms with E-state index in [2.05, 4.69) is 17.1 Å². The summed E-state index contributed by atoms with van der Waals surface area (Å²) in [6.45, 7) is 9.30. The molecule has 3 rings (SSSR count). The molecule has 0 saturated carbocycles. The zero-order chi connectivity index (χ0) is 18.4. The summed E-state index contributed by atoms with van der Waals surface area (Å²) in [6, 6.07) is 0. The Labute approximate surface area is 152 Å². The van der Waals surface area contributed by atoms with Crippen LogP contribution in [0.1, 0.15) is 39.0 Å². The highest BCUT2D eigenvalue weighted by Crippen LogP contribution is 2.31. The Morgan fingerprint density at radius 1 is 1.24 bits per heavy atom. The second-order valence-electron chi connectivity index (χ2n) is 7.42. The molecule has 2 aromatic heterocycles. The molecule has 0 saturated heterocycles. The van der Waals surface area contributed by atoms with E-state index in [0.717, 1.165) is 41.0 Å². The number of hydrogen-bond donors (Lipinski definition) is 0. The van der Waals surface area contributed by atoms with Gasteiger partial charge in [-0.2, -0.15) is 5.10 Å². The average molecular weight is 363 g/mol. The van der Waals surface area contributed by atoms with Gasteiger partial charge in [0.05, 0.1) is 0 Å². The van der Waals surface area contributed by atoms with Crippen molar-refractivity contribution in [3.8, 4) is 11.5 Å². The predicted octanol–water partition coefficient (Wildman–Crippen LogP) is 2.26. The number of fused-ring (bicyclic) bond motifs is 1. The van der Waals surface area contributed by atoms with Crippen LogP contribution in [0.25, 0.3) is 11.5 Å². The highest BCUT2D eigenvalue weighted by Gasteiger charge is 2.33. The first-order valence-corrected chi connectivity index (χ1v) is 9.59. The molecular formula is C17H26N6OS. The first kappa shape index (κ1) is 18.0. The van der Waals surface area contributed by atoms with Crippen molar-refractivity contribution in [1.82, 2.24) is 29.4 Å². The van der Waals surface area contributed by atoms with Crippen LogP contribution in [-0.4, -0.2) is 47.6 Å². The fraction of sp³-hybridized carbons (Fsp3) is 0.647. The highest BCUT2D eigenvalue weighted by atomic mass is 32.2. The molecule has 0 atom stereocenters. The SMILES string of the molecule is CCSc1nnc(-c2nn(C)c3c2CN(C(=O)C(C)(C)C)CC3)n1C. The minimum absolute atomic E-state index is 0.174. The first-order chi connectivity index (χ1) is 11.7. The minimum Gasteiger partial charge on any atom is -0.337 e. The summed E-state index contributed by atoms with van der Waals surface area (Å²) in [4.78, 5) is 14.6. The van der Waals surface area contributed by atoms with Crippen molar-refractivity contribution in [2.75, 3.05) is 12.3 Å². The molecule has 8 heteroatoms. The molecule has 0 N–H and O–H groups in total. The molecule has 3 heterocycles. The molecule has 0 spiro atoms. The third-order valence-electron chi connectivity index (χ3n) is 4.49. The van der Waals surface area contributed by atoms with Crippen molar-refractivity contribution in [2.24, 2.45) is 19.5 Å². The van der Waals surface area contributed by atoms with Crippen molar-refractivity contribution in [3.63, 3.8) is 0 Å². The van der Waals surface area contributed by atoms with E-state index in [1.807, 2.05) is 49.0 Å². The van der Waals surface area contributed by atoms with Crippen LogP contribution in [0.4, 0.5) is 0 Å². The van der Waals surface area contributed by atoms with Crippen LogP contribution in [0.15, 0.2) is 5.16 Å². The third-order valence-corrected chi connectivity index (χ3v) is 5.39. The van der Waals surface area contributed by atoms with E-state index >= 15 is 0 Å². The molecule has 0 aromatic carbocycles. The standard InChI is InChI=1S/C17H26N6OS/c1-7-25-16-19-18-14(21(16)5)13-11-10-23(15(24)17(2,3)4)9-8-12(11)22(6)20-13/h7-10H2,1-6H3. The number of aromatic nitrogens is 5. The van der Waals surface area contributed by atoms with E-state index in [1.165, 1.54) is 5.69 Å². The summed E-state index contributed by atoms with van der Waals surface area (Å²) in [5.41, 5.74) is 2.73. The molecule has 2 aromatic rings. The smallest absolute Gasteiger partial charge is 0.228 e. The number of carbonyl (C=O) groups is 1. The maximum Gasteiger partial charge on any atom is 0.228 e. The lowest BCUT2D eigenvalue weighted by atomic mass is 9.93. The van der Waals surface area contributed by atoms with Crippen molar-refractivity contribution >= 4 is 17.7 Å². The minimum atomic E-state index is -0.379. The van der Waals surface area contributed by atoms with E-state index in [1.54, 1.807) is 11.8 Å². The van der Waals surface area contributed by atoms with Crippen LogP contribution >= 0.6 is 11.8 Å². The van der Waals surface area contributed by atoms with Crippen LogP contribution in [0.5, 0.6) is 0 Å². The largest absolute Gasteiger partial charge is 0.337 e. The molecule has 0 unspecified atom stereocenters. The van der Waals surface area contributed by atoms with E-state index in [4.69, 9.17) is 5.10 Å². The molecule has 7 nitrogen and oxygen atoms in total. The van der Waals surface area contributed by atoms with E-state index in [0.29, 0.717) is 6.54 Å². The lowest BCUT2D eigenvalue weighted by molar-refractivity contribution is -0.140. The molecule has 0 aliphatic carbocycles. The van der Waals surface area contributed by atoms with Gasteiger partial charge in [0.25, 0.3) is 0 Å². The monoisotopic (exact) mass is 362 g/mol. The maximum absolute atomic E-state index is 12.7. The predicted molar refractivity (Wildman–Crippen MR) is 98.2 cm³/mol. The first-order valence-electron chi connectivity index (χ1n) is 8.60. The summed E-state index contributed by atoms with van der Waals surface area (Å²) in [6.07, 6.45) is 0.815. The van der Waals surface area contributed by atoms with Crippen LogP contribution < -0.4 is 0 Å². The van der Waals surface area contributed by atoms with E-state index in [-0.39, 0.29) is 11.3 Å². The van der Waals surface area contributed by atoms with Crippen LogP contribution in [0.3, 0.4) is 0 Å². The summed E-state index contributed by atoms with van der Waals surface area (Å²) in [7, 11) is 3.93. The number of nitrogens with zero attached hydrogens (tertiary/aromatic N) is 6. The Balaban J connectivity index is 1.99. The summed E-state index contributed by atoms with van der Waals surface area (Å²) >= 11 is 1.66. The topological polar surface area (TPSA) is 68.8 Å². The third kappa shape index (κ3) is 3.19. The van der Waals surface area contributed by atoms with Crippen LogP contribution in [-0.2, 0) is 31.9 Å². The van der Waals surface area contributed by atoms with Crippen molar-refractivity contribution < 1.29 is 4.79 Å². The highest BCUT2D eigenvalue weighted by molar-refractivity contribution is 7.99. The number of rotatable bonds is 3. The second-order valence-corrected chi connectivity index (χ2v) is 8.65. The van der Waals surface area contributed by atoms with Gasteiger partial charge in [-0.05, 0) is 5.75 Å². The van der Waals surface area contributed by atoms with Gasteiger partial charge in [-0.15, -0.1) is 10.2 Å². The van der Waals surface area contributed by atoms with E-state index in [9.17, 15) is 4.79 Å². The van der Waals surface area contributed by atoms with Crippen LogP contribution in [0.2, 0.25) is 0 Å². The molecule has 25 heavy (non-hydrogen) atoms. The van der Waals surface area contributed by atoms with Crippen molar-refractivity contribution in [3.05, 3.63) is 11.3 Å². The van der Waals surface area contributed by atoms with Gasteiger partial charge in [0.2, 0.25) is 5.91 Å². The zero-order valence-electron chi connectivity index (χ0n) is 15.8. The maximum atomic E-state index is 12.7. The molecular weight excluding hydrogens is 336 g/mol. The Bertz CT molecular complexity index is 801. The normalized spacial score (nSPS) is 14.7. The van der Waals surface area contributed by atoms with Gasteiger partial charge in [-0.1, -0.05) is 39.5 Å². The quantitative estimate of drug-likeness (QED) is 0.784. The summed E-state index contributed by atoms with van der Waals surface area (Å²) in [5.74, 6) is 1.88. The van der Waals surface area contributed by atoms with Crippen LogP contribution in [0, 0.1) is 5.41 Å². The zero-order valence-corrected chi connectivity index (χ0v) is 16.6. The number of thioether (sulfide) groups is 1. The molecule has 1 aliphatic heterocycles. The Morgan fingerprint density at radius 2 is 1.96 bits per heavy atom. The lowest BCUT2D eigenvalue weighted by Crippen LogP contribution is -2.42. The van der Waals surface area contributed by atoms with Gasteiger partial charge in [0.15, 0.2) is 11.0 Å².